The summed E-state index contributed by atoms with van der Waals surface area (Å²) in [6, 6.07) is 13.8. The Morgan fingerprint density at radius 3 is 2.82 bits per heavy atom. The number of aromatic nitrogens is 1. The Bertz CT molecular complexity index is 978. The van der Waals surface area contributed by atoms with Crippen LogP contribution in [0.15, 0.2) is 42.5 Å². The van der Waals surface area contributed by atoms with E-state index in [0.717, 1.165) is 54.4 Å². The van der Waals surface area contributed by atoms with Gasteiger partial charge in [0, 0.05) is 17.7 Å². The number of piperidine rings is 1. The van der Waals surface area contributed by atoms with Gasteiger partial charge in [-0.3, -0.25) is 9.69 Å². The molecule has 0 saturated carbocycles. The first kappa shape index (κ1) is 17.5. The number of carbonyl (C=O) groups is 1. The fraction of sp³-hybridized carbons (Fsp3) is 0.333. The molecule has 1 amide bonds. The van der Waals surface area contributed by atoms with Crippen molar-refractivity contribution in [3.05, 3.63) is 47.5 Å². The molecule has 2 aliphatic heterocycles. The zero-order chi connectivity index (χ0) is 18.9. The smallest absolute Gasteiger partial charge is 0.231 e. The van der Waals surface area contributed by atoms with E-state index in [1.54, 1.807) is 11.3 Å². The number of likely N-dealkylation sites (tertiary alicyclic amines) is 1. The summed E-state index contributed by atoms with van der Waals surface area (Å²) in [4.78, 5) is 19.7. The molecule has 2 aromatic carbocycles. The summed E-state index contributed by atoms with van der Waals surface area (Å²) in [5.74, 6) is 1.53. The molecular formula is C21H21N3O3S. The van der Waals surface area contributed by atoms with Crippen LogP contribution in [0, 0.1) is 5.92 Å². The lowest BCUT2D eigenvalue weighted by molar-refractivity contribution is -0.121. The molecule has 5 rings (SSSR count). The van der Waals surface area contributed by atoms with Crippen LogP contribution in [0.4, 0.5) is 5.69 Å². The summed E-state index contributed by atoms with van der Waals surface area (Å²) in [5.41, 5.74) is 1.83. The molecule has 0 radical (unpaired) electrons. The molecule has 0 atom stereocenters. The summed E-state index contributed by atoms with van der Waals surface area (Å²) >= 11 is 1.76. The number of benzene rings is 2. The van der Waals surface area contributed by atoms with Gasteiger partial charge in [-0.25, -0.2) is 4.98 Å². The zero-order valence-corrected chi connectivity index (χ0v) is 16.2. The number of ether oxygens (including phenoxy) is 2. The predicted octanol–water partition coefficient (Wildman–Crippen LogP) is 3.88. The number of para-hydroxylation sites is 1. The van der Waals surface area contributed by atoms with Crippen molar-refractivity contribution < 1.29 is 14.3 Å². The molecule has 7 heteroatoms. The van der Waals surface area contributed by atoms with Gasteiger partial charge in [0.25, 0.3) is 0 Å². The normalized spacial score (nSPS) is 17.1. The number of hydrogen-bond donors (Lipinski definition) is 1. The molecule has 0 aliphatic carbocycles. The number of fused-ring (bicyclic) bond motifs is 2. The van der Waals surface area contributed by atoms with E-state index in [9.17, 15) is 4.79 Å². The molecular weight excluding hydrogens is 374 g/mol. The lowest BCUT2D eigenvalue weighted by Crippen LogP contribution is -2.37. The minimum atomic E-state index is 0.0389. The fourth-order valence-corrected chi connectivity index (χ4v) is 4.76. The van der Waals surface area contributed by atoms with Crippen molar-refractivity contribution in [1.82, 2.24) is 9.88 Å². The van der Waals surface area contributed by atoms with E-state index in [2.05, 4.69) is 28.4 Å². The van der Waals surface area contributed by atoms with E-state index in [1.165, 1.54) is 4.70 Å². The van der Waals surface area contributed by atoms with Crippen molar-refractivity contribution in [2.75, 3.05) is 25.2 Å². The van der Waals surface area contributed by atoms with Gasteiger partial charge in [-0.05, 0) is 50.2 Å². The highest BCUT2D eigenvalue weighted by Crippen LogP contribution is 2.34. The largest absolute Gasteiger partial charge is 0.454 e. The van der Waals surface area contributed by atoms with E-state index >= 15 is 0 Å². The minimum Gasteiger partial charge on any atom is -0.454 e. The van der Waals surface area contributed by atoms with Crippen LogP contribution in [0.3, 0.4) is 0 Å². The Balaban J connectivity index is 1.16. The summed E-state index contributed by atoms with van der Waals surface area (Å²) < 4.78 is 11.9. The van der Waals surface area contributed by atoms with Crippen LogP contribution >= 0.6 is 11.3 Å². The second-order valence-electron chi connectivity index (χ2n) is 7.18. The van der Waals surface area contributed by atoms with Crippen molar-refractivity contribution in [2.45, 2.75) is 19.4 Å². The van der Waals surface area contributed by atoms with Crippen molar-refractivity contribution in [2.24, 2.45) is 5.92 Å². The number of nitrogens with zero attached hydrogens (tertiary/aromatic N) is 2. The molecule has 0 spiro atoms. The van der Waals surface area contributed by atoms with E-state index in [-0.39, 0.29) is 18.6 Å². The van der Waals surface area contributed by atoms with Gasteiger partial charge in [0.2, 0.25) is 12.7 Å². The summed E-state index contributed by atoms with van der Waals surface area (Å²) in [7, 11) is 0. The van der Waals surface area contributed by atoms with Crippen molar-refractivity contribution in [1.29, 1.82) is 0 Å². The topological polar surface area (TPSA) is 63.7 Å². The van der Waals surface area contributed by atoms with Crippen LogP contribution < -0.4 is 14.8 Å². The molecule has 1 aromatic heterocycles. The number of amides is 1. The number of hydrogen-bond acceptors (Lipinski definition) is 6. The van der Waals surface area contributed by atoms with Crippen LogP contribution in [0.2, 0.25) is 0 Å². The Labute approximate surface area is 167 Å². The quantitative estimate of drug-likeness (QED) is 0.726. The van der Waals surface area contributed by atoms with Crippen molar-refractivity contribution in [3.8, 4) is 11.5 Å². The maximum atomic E-state index is 12.6. The van der Waals surface area contributed by atoms with Gasteiger partial charge in [-0.15, -0.1) is 11.3 Å². The Hall–Kier alpha value is -2.64. The minimum absolute atomic E-state index is 0.0389. The summed E-state index contributed by atoms with van der Waals surface area (Å²) in [6.45, 7) is 2.92. The molecule has 28 heavy (non-hydrogen) atoms. The third-order valence-electron chi connectivity index (χ3n) is 5.30. The third kappa shape index (κ3) is 3.55. The molecule has 6 nitrogen and oxygen atoms in total. The highest BCUT2D eigenvalue weighted by Gasteiger charge is 2.26. The van der Waals surface area contributed by atoms with Crippen molar-refractivity contribution in [3.63, 3.8) is 0 Å². The molecule has 1 fully saturated rings. The Kier molecular flexibility index (Phi) is 4.62. The van der Waals surface area contributed by atoms with E-state index in [0.29, 0.717) is 5.75 Å². The average molecular weight is 395 g/mol. The molecule has 0 bridgehead atoms. The van der Waals surface area contributed by atoms with Gasteiger partial charge >= 0.3 is 0 Å². The van der Waals surface area contributed by atoms with Gasteiger partial charge < -0.3 is 14.8 Å². The lowest BCUT2D eigenvalue weighted by Gasteiger charge is -2.30. The van der Waals surface area contributed by atoms with E-state index in [1.807, 2.05) is 24.3 Å². The summed E-state index contributed by atoms with van der Waals surface area (Å²) in [6.07, 6.45) is 1.72. The first-order valence-corrected chi connectivity index (χ1v) is 10.3. The van der Waals surface area contributed by atoms with Crippen LogP contribution in [0.25, 0.3) is 10.2 Å². The lowest BCUT2D eigenvalue weighted by atomic mass is 9.96. The van der Waals surface area contributed by atoms with Crippen LogP contribution in [0.1, 0.15) is 17.8 Å². The maximum Gasteiger partial charge on any atom is 0.231 e. The molecule has 1 N–H and O–H groups in total. The zero-order valence-electron chi connectivity index (χ0n) is 15.4. The third-order valence-corrected chi connectivity index (χ3v) is 6.32. The monoisotopic (exact) mass is 395 g/mol. The van der Waals surface area contributed by atoms with Gasteiger partial charge in [0.1, 0.15) is 5.01 Å². The second kappa shape index (κ2) is 7.41. The van der Waals surface area contributed by atoms with Crippen LogP contribution in [-0.4, -0.2) is 35.7 Å². The van der Waals surface area contributed by atoms with Gasteiger partial charge in [0.05, 0.1) is 16.8 Å². The average Bonchev–Trinajstić information content (AvgIpc) is 3.34. The Morgan fingerprint density at radius 1 is 1.14 bits per heavy atom. The van der Waals surface area contributed by atoms with Crippen molar-refractivity contribution >= 4 is 33.1 Å². The van der Waals surface area contributed by atoms with Gasteiger partial charge in [0.15, 0.2) is 11.5 Å². The number of thiazole rings is 1. The highest BCUT2D eigenvalue weighted by molar-refractivity contribution is 7.18. The standard InChI is InChI=1S/C21H21N3O3S/c25-21(22-15-5-6-17-18(11-15)27-13-26-17)14-7-9-24(10-8-14)12-20-23-16-3-1-2-4-19(16)28-20/h1-6,11,14H,7-10,12-13H2,(H,22,25). The van der Waals surface area contributed by atoms with Crippen LogP contribution in [-0.2, 0) is 11.3 Å². The molecule has 144 valence electrons. The number of rotatable bonds is 4. The fourth-order valence-electron chi connectivity index (χ4n) is 3.75. The number of anilines is 1. The predicted molar refractivity (Wildman–Crippen MR) is 109 cm³/mol. The molecule has 2 aliphatic rings. The number of nitrogens with one attached hydrogen (secondary N) is 1. The van der Waals surface area contributed by atoms with E-state index < -0.39 is 0 Å². The molecule has 3 aromatic rings. The van der Waals surface area contributed by atoms with Crippen LogP contribution in [0.5, 0.6) is 11.5 Å². The van der Waals surface area contributed by atoms with E-state index in [4.69, 9.17) is 14.5 Å². The first-order chi connectivity index (χ1) is 13.7. The Morgan fingerprint density at radius 2 is 1.96 bits per heavy atom. The second-order valence-corrected chi connectivity index (χ2v) is 8.30. The molecule has 3 heterocycles. The van der Waals surface area contributed by atoms with Gasteiger partial charge in [-0.1, -0.05) is 12.1 Å². The molecule has 0 unspecified atom stereocenters. The number of carbonyl (C=O) groups excluding carboxylic acids is 1. The molecule has 1 saturated heterocycles. The summed E-state index contributed by atoms with van der Waals surface area (Å²) in [5, 5.41) is 4.16. The highest BCUT2D eigenvalue weighted by atomic mass is 32.1. The van der Waals surface area contributed by atoms with Gasteiger partial charge in [-0.2, -0.15) is 0 Å². The maximum absolute atomic E-state index is 12.6. The first-order valence-electron chi connectivity index (χ1n) is 9.52. The SMILES string of the molecule is O=C(Nc1ccc2c(c1)OCO2)C1CCN(Cc2nc3ccccc3s2)CC1.